The number of nitrogens with zero attached hydrogens (tertiary/aromatic N) is 3. The summed E-state index contributed by atoms with van der Waals surface area (Å²) < 4.78 is 1.75. The summed E-state index contributed by atoms with van der Waals surface area (Å²) in [7, 11) is 0. The Kier molecular flexibility index (Phi) is 5.24. The molecule has 0 fully saturated rings. The molecule has 4 aromatic rings. The molecule has 0 bridgehead atoms. The molecule has 146 valence electrons. The summed E-state index contributed by atoms with van der Waals surface area (Å²) in [6.07, 6.45) is 3.01. The highest BCUT2D eigenvalue weighted by molar-refractivity contribution is 5.77. The molecule has 0 spiro atoms. The summed E-state index contributed by atoms with van der Waals surface area (Å²) in [6.45, 7) is 2.06. The van der Waals surface area contributed by atoms with Crippen LogP contribution in [0.25, 0.3) is 5.65 Å². The van der Waals surface area contributed by atoms with Crippen molar-refractivity contribution in [3.8, 4) is 0 Å². The maximum absolute atomic E-state index is 11.8. The van der Waals surface area contributed by atoms with E-state index >= 15 is 0 Å². The Labute approximate surface area is 168 Å². The molecule has 0 aliphatic carbocycles. The van der Waals surface area contributed by atoms with E-state index in [0.717, 1.165) is 40.4 Å². The minimum Gasteiger partial charge on any atom is -0.481 e. The number of hydrogen-bond acceptors (Lipinski definition) is 4. The van der Waals surface area contributed by atoms with Crippen LogP contribution in [0.1, 0.15) is 29.7 Å². The van der Waals surface area contributed by atoms with Crippen molar-refractivity contribution < 1.29 is 9.90 Å². The van der Waals surface area contributed by atoms with Gasteiger partial charge in [0.25, 0.3) is 0 Å². The van der Waals surface area contributed by atoms with E-state index in [4.69, 9.17) is 0 Å². The van der Waals surface area contributed by atoms with E-state index < -0.39 is 11.9 Å². The number of aromatic nitrogens is 3. The van der Waals surface area contributed by atoms with Crippen LogP contribution < -0.4 is 5.32 Å². The fourth-order valence-corrected chi connectivity index (χ4v) is 3.38. The van der Waals surface area contributed by atoms with Gasteiger partial charge in [0.05, 0.1) is 12.1 Å². The minimum atomic E-state index is -0.825. The van der Waals surface area contributed by atoms with E-state index in [9.17, 15) is 9.90 Å². The first-order valence-corrected chi connectivity index (χ1v) is 9.61. The number of anilines is 2. The van der Waals surface area contributed by atoms with Gasteiger partial charge in [0.1, 0.15) is 5.82 Å². The first-order chi connectivity index (χ1) is 14.1. The predicted octanol–water partition coefficient (Wildman–Crippen LogP) is 4.45. The molecule has 2 heterocycles. The molecular weight excluding hydrogens is 364 g/mol. The number of nitrogens with one attached hydrogen (secondary N) is 1. The minimum absolute atomic E-state index is 0.459. The Hall–Kier alpha value is -3.67. The molecule has 0 radical (unpaired) electrons. The molecule has 0 unspecified atom stereocenters. The van der Waals surface area contributed by atoms with Crippen molar-refractivity contribution in [2.75, 3.05) is 5.32 Å². The van der Waals surface area contributed by atoms with Gasteiger partial charge in [-0.3, -0.25) is 4.79 Å². The molecule has 1 atom stereocenters. The third-order valence-corrected chi connectivity index (χ3v) is 4.94. The van der Waals surface area contributed by atoms with Crippen LogP contribution in [0.5, 0.6) is 0 Å². The second kappa shape index (κ2) is 8.14. The van der Waals surface area contributed by atoms with Crippen LogP contribution in [0.2, 0.25) is 0 Å². The highest BCUT2D eigenvalue weighted by Gasteiger charge is 2.20. The number of aryl methyl sites for hydroxylation is 1. The van der Waals surface area contributed by atoms with E-state index in [-0.39, 0.29) is 0 Å². The van der Waals surface area contributed by atoms with E-state index in [2.05, 4.69) is 22.3 Å². The van der Waals surface area contributed by atoms with Crippen LogP contribution in [0.4, 0.5) is 11.5 Å². The molecule has 6 nitrogen and oxygen atoms in total. The lowest BCUT2D eigenvalue weighted by Crippen LogP contribution is -2.14. The van der Waals surface area contributed by atoms with Gasteiger partial charge in [-0.15, -0.1) is 0 Å². The fraction of sp³-hybridized carbons (Fsp3) is 0.174. The van der Waals surface area contributed by atoms with Crippen molar-refractivity contribution >= 4 is 23.1 Å². The van der Waals surface area contributed by atoms with Gasteiger partial charge in [-0.25, -0.2) is 4.98 Å². The largest absolute Gasteiger partial charge is 0.481 e. The van der Waals surface area contributed by atoms with E-state index in [1.807, 2.05) is 66.7 Å². The Morgan fingerprint density at radius 2 is 1.86 bits per heavy atom. The Morgan fingerprint density at radius 1 is 1.10 bits per heavy atom. The highest BCUT2D eigenvalue weighted by atomic mass is 16.4. The average molecular weight is 386 g/mol. The standard InChI is InChI=1S/C23H22N4O2/c1-2-18-15-22(27-21(25-18)12-13-24-27)26-19-10-8-17(9-11-19)20(23(28)29)14-16-6-4-3-5-7-16/h3-13,15,20,26H,2,14H2,1H3,(H,28,29)/t20-/m0/s1. The summed E-state index contributed by atoms with van der Waals surface area (Å²) in [5.74, 6) is -0.588. The lowest BCUT2D eigenvalue weighted by molar-refractivity contribution is -0.138. The second-order valence-corrected chi connectivity index (χ2v) is 6.92. The van der Waals surface area contributed by atoms with Gasteiger partial charge in [-0.1, -0.05) is 49.4 Å². The van der Waals surface area contributed by atoms with Crippen LogP contribution in [0.3, 0.4) is 0 Å². The molecule has 6 heteroatoms. The molecule has 0 saturated heterocycles. The molecule has 0 amide bonds. The van der Waals surface area contributed by atoms with Gasteiger partial charge in [-0.05, 0) is 36.1 Å². The van der Waals surface area contributed by atoms with Crippen molar-refractivity contribution in [2.24, 2.45) is 0 Å². The molecule has 29 heavy (non-hydrogen) atoms. The molecular formula is C23H22N4O2. The molecule has 4 rings (SSSR count). The molecule has 2 aromatic carbocycles. The topological polar surface area (TPSA) is 79.5 Å². The predicted molar refractivity (Wildman–Crippen MR) is 113 cm³/mol. The zero-order chi connectivity index (χ0) is 20.2. The normalized spacial score (nSPS) is 12.0. The SMILES string of the molecule is CCc1cc(Nc2ccc([C@H](Cc3ccccc3)C(=O)O)cc2)n2nccc2n1. The second-order valence-electron chi connectivity index (χ2n) is 6.92. The number of carboxylic acids is 1. The van der Waals surface area contributed by atoms with Crippen LogP contribution in [0, 0.1) is 0 Å². The quantitative estimate of drug-likeness (QED) is 0.491. The molecule has 0 aliphatic rings. The number of fused-ring (bicyclic) bond motifs is 1. The van der Waals surface area contributed by atoms with Crippen LogP contribution in [0.15, 0.2) is 72.9 Å². The van der Waals surface area contributed by atoms with Crippen molar-refractivity contribution in [1.29, 1.82) is 0 Å². The number of hydrogen-bond donors (Lipinski definition) is 2. The molecule has 2 N–H and O–H groups in total. The van der Waals surface area contributed by atoms with Gasteiger partial charge in [0, 0.05) is 23.5 Å². The van der Waals surface area contributed by atoms with Gasteiger partial charge in [0.2, 0.25) is 0 Å². The van der Waals surface area contributed by atoms with Crippen molar-refractivity contribution in [2.45, 2.75) is 25.7 Å². The third-order valence-electron chi connectivity index (χ3n) is 4.94. The van der Waals surface area contributed by atoms with E-state index in [0.29, 0.717) is 6.42 Å². The smallest absolute Gasteiger partial charge is 0.311 e. The van der Waals surface area contributed by atoms with E-state index in [1.165, 1.54) is 0 Å². The number of carboxylic acid groups (broad SMARTS) is 1. The monoisotopic (exact) mass is 386 g/mol. The van der Waals surface area contributed by atoms with Gasteiger partial charge < -0.3 is 10.4 Å². The Balaban J connectivity index is 1.57. The maximum Gasteiger partial charge on any atom is 0.311 e. The fourth-order valence-electron chi connectivity index (χ4n) is 3.38. The number of rotatable bonds is 7. The zero-order valence-corrected chi connectivity index (χ0v) is 16.1. The number of benzene rings is 2. The van der Waals surface area contributed by atoms with Gasteiger partial charge in [0.15, 0.2) is 5.65 Å². The lowest BCUT2D eigenvalue weighted by atomic mass is 9.92. The third kappa shape index (κ3) is 4.11. The molecule has 2 aromatic heterocycles. The Bertz CT molecular complexity index is 1120. The average Bonchev–Trinajstić information content (AvgIpc) is 3.22. The first kappa shape index (κ1) is 18.7. The summed E-state index contributed by atoms with van der Waals surface area (Å²) >= 11 is 0. The summed E-state index contributed by atoms with van der Waals surface area (Å²) in [5, 5.41) is 17.4. The van der Waals surface area contributed by atoms with Crippen LogP contribution in [-0.4, -0.2) is 25.7 Å². The van der Waals surface area contributed by atoms with Crippen molar-refractivity contribution in [3.63, 3.8) is 0 Å². The summed E-state index contributed by atoms with van der Waals surface area (Å²) in [6, 6.07) is 21.1. The Morgan fingerprint density at radius 3 is 2.55 bits per heavy atom. The summed E-state index contributed by atoms with van der Waals surface area (Å²) in [5.41, 5.74) is 4.41. The molecule has 0 saturated carbocycles. The number of carbonyl (C=O) groups is 1. The summed E-state index contributed by atoms with van der Waals surface area (Å²) in [4.78, 5) is 16.4. The maximum atomic E-state index is 11.8. The van der Waals surface area contributed by atoms with Crippen molar-refractivity contribution in [3.05, 3.63) is 89.7 Å². The lowest BCUT2D eigenvalue weighted by Gasteiger charge is -2.15. The molecule has 0 aliphatic heterocycles. The van der Waals surface area contributed by atoms with Gasteiger partial charge in [-0.2, -0.15) is 9.61 Å². The van der Waals surface area contributed by atoms with Crippen LogP contribution in [-0.2, 0) is 17.6 Å². The zero-order valence-electron chi connectivity index (χ0n) is 16.1. The van der Waals surface area contributed by atoms with Gasteiger partial charge >= 0.3 is 5.97 Å². The van der Waals surface area contributed by atoms with Crippen LogP contribution >= 0.6 is 0 Å². The first-order valence-electron chi connectivity index (χ1n) is 9.61. The highest BCUT2D eigenvalue weighted by Crippen LogP contribution is 2.25. The van der Waals surface area contributed by atoms with E-state index in [1.54, 1.807) is 10.7 Å². The number of aliphatic carboxylic acids is 1. The van der Waals surface area contributed by atoms with Crippen molar-refractivity contribution in [1.82, 2.24) is 14.6 Å².